The average Bonchev–Trinajstić information content (AvgIpc) is 2.99. The smallest absolute Gasteiger partial charge is 0.229 e. The fourth-order valence-corrected chi connectivity index (χ4v) is 3.13. The van der Waals surface area contributed by atoms with Crippen LogP contribution in [0.4, 0.5) is 17.5 Å². The van der Waals surface area contributed by atoms with Crippen molar-refractivity contribution in [3.05, 3.63) is 35.0 Å². The third-order valence-corrected chi connectivity index (χ3v) is 4.55. The van der Waals surface area contributed by atoms with E-state index in [4.69, 9.17) is 26.3 Å². The molecule has 1 aliphatic rings. The Morgan fingerprint density at radius 2 is 2.00 bits per heavy atom. The molecule has 8 heteroatoms. The van der Waals surface area contributed by atoms with Crippen LogP contribution in [0.5, 0.6) is 0 Å². The third kappa shape index (κ3) is 3.12. The van der Waals surface area contributed by atoms with E-state index in [9.17, 15) is 0 Å². The molecule has 3 heterocycles. The SMILES string of the molecule is Cc1cc(Cl)ccc1Nc1nc(N2CCOCC2)nc2c1cnn2C. The van der Waals surface area contributed by atoms with Crippen LogP contribution in [0.15, 0.2) is 24.4 Å². The number of hydrogen-bond donors (Lipinski definition) is 1. The summed E-state index contributed by atoms with van der Waals surface area (Å²) >= 11 is 6.06. The minimum absolute atomic E-state index is 0.686. The van der Waals surface area contributed by atoms with Gasteiger partial charge in [0, 0.05) is 30.8 Å². The maximum Gasteiger partial charge on any atom is 0.229 e. The molecular weight excluding hydrogens is 340 g/mol. The molecular formula is C17H19ClN6O. The minimum atomic E-state index is 0.686. The van der Waals surface area contributed by atoms with E-state index in [1.165, 1.54) is 0 Å². The Hall–Kier alpha value is -2.38. The highest BCUT2D eigenvalue weighted by Gasteiger charge is 2.18. The molecule has 25 heavy (non-hydrogen) atoms. The Kier molecular flexibility index (Phi) is 4.19. The lowest BCUT2D eigenvalue weighted by atomic mass is 10.2. The molecule has 0 bridgehead atoms. The molecule has 0 saturated carbocycles. The number of nitrogens with one attached hydrogen (secondary N) is 1. The van der Waals surface area contributed by atoms with E-state index >= 15 is 0 Å². The first-order valence-corrected chi connectivity index (χ1v) is 8.55. The fourth-order valence-electron chi connectivity index (χ4n) is 2.91. The van der Waals surface area contributed by atoms with Gasteiger partial charge in [-0.1, -0.05) is 11.6 Å². The fraction of sp³-hybridized carbons (Fsp3) is 0.353. The number of benzene rings is 1. The molecule has 1 saturated heterocycles. The molecule has 2 aromatic heterocycles. The minimum Gasteiger partial charge on any atom is -0.378 e. The number of nitrogens with zero attached hydrogens (tertiary/aromatic N) is 5. The van der Waals surface area contributed by atoms with Crippen LogP contribution in [0.1, 0.15) is 5.56 Å². The Morgan fingerprint density at radius 3 is 2.76 bits per heavy atom. The van der Waals surface area contributed by atoms with Crippen LogP contribution in [-0.2, 0) is 11.8 Å². The van der Waals surface area contributed by atoms with Gasteiger partial charge >= 0.3 is 0 Å². The molecule has 1 N–H and O–H groups in total. The first kappa shape index (κ1) is 16.1. The standard InChI is InChI=1S/C17H19ClN6O/c1-11-9-12(18)3-4-14(11)20-15-13-10-19-23(2)16(13)22-17(21-15)24-5-7-25-8-6-24/h3-4,9-10H,5-8H2,1-2H3,(H,20,21,22). The first-order chi connectivity index (χ1) is 12.1. The maximum absolute atomic E-state index is 6.06. The molecule has 130 valence electrons. The molecule has 0 aliphatic carbocycles. The van der Waals surface area contributed by atoms with E-state index in [2.05, 4.69) is 15.3 Å². The number of anilines is 3. The zero-order valence-electron chi connectivity index (χ0n) is 14.2. The molecule has 1 fully saturated rings. The summed E-state index contributed by atoms with van der Waals surface area (Å²) < 4.78 is 7.19. The van der Waals surface area contributed by atoms with Gasteiger partial charge in [-0.25, -0.2) is 0 Å². The Labute approximate surface area is 150 Å². The van der Waals surface area contributed by atoms with Crippen LogP contribution in [0.25, 0.3) is 11.0 Å². The summed E-state index contributed by atoms with van der Waals surface area (Å²) in [4.78, 5) is 11.6. The number of aryl methyl sites for hydroxylation is 2. The molecule has 0 unspecified atom stereocenters. The molecule has 4 rings (SSSR count). The van der Waals surface area contributed by atoms with Gasteiger partial charge in [0.1, 0.15) is 5.82 Å². The second-order valence-corrected chi connectivity index (χ2v) is 6.50. The van der Waals surface area contributed by atoms with Crippen molar-refractivity contribution in [3.8, 4) is 0 Å². The second-order valence-electron chi connectivity index (χ2n) is 6.06. The van der Waals surface area contributed by atoms with Gasteiger partial charge in [-0.15, -0.1) is 0 Å². The Morgan fingerprint density at radius 1 is 1.20 bits per heavy atom. The van der Waals surface area contributed by atoms with E-state index in [1.54, 1.807) is 10.9 Å². The third-order valence-electron chi connectivity index (χ3n) is 4.32. The van der Waals surface area contributed by atoms with Crippen molar-refractivity contribution in [1.82, 2.24) is 19.7 Å². The normalized spacial score (nSPS) is 14.9. The van der Waals surface area contributed by atoms with E-state index in [-0.39, 0.29) is 0 Å². The number of aromatic nitrogens is 4. The molecule has 7 nitrogen and oxygen atoms in total. The average molecular weight is 359 g/mol. The largest absolute Gasteiger partial charge is 0.378 e. The Bertz CT molecular complexity index is 919. The summed E-state index contributed by atoms with van der Waals surface area (Å²) in [5, 5.41) is 9.34. The Balaban J connectivity index is 1.78. The summed E-state index contributed by atoms with van der Waals surface area (Å²) in [5.41, 5.74) is 2.81. The van der Waals surface area contributed by atoms with Gasteiger partial charge in [0.2, 0.25) is 5.95 Å². The lowest BCUT2D eigenvalue weighted by Crippen LogP contribution is -2.37. The molecule has 0 amide bonds. The molecule has 0 radical (unpaired) electrons. The topological polar surface area (TPSA) is 68.1 Å². The highest BCUT2D eigenvalue weighted by atomic mass is 35.5. The summed E-state index contributed by atoms with van der Waals surface area (Å²) in [6.45, 7) is 4.95. The molecule has 0 spiro atoms. The molecule has 0 atom stereocenters. The maximum atomic E-state index is 6.06. The predicted octanol–water partition coefficient (Wildman–Crippen LogP) is 2.91. The number of halogens is 1. The van der Waals surface area contributed by atoms with Crippen LogP contribution in [0.3, 0.4) is 0 Å². The number of morpholine rings is 1. The first-order valence-electron chi connectivity index (χ1n) is 8.17. The quantitative estimate of drug-likeness (QED) is 0.776. The van der Waals surface area contributed by atoms with Crippen LogP contribution in [0.2, 0.25) is 5.02 Å². The van der Waals surface area contributed by atoms with E-state index < -0.39 is 0 Å². The van der Waals surface area contributed by atoms with Gasteiger partial charge in [0.05, 0.1) is 24.8 Å². The number of ether oxygens (including phenoxy) is 1. The summed E-state index contributed by atoms with van der Waals surface area (Å²) in [7, 11) is 1.88. The lowest BCUT2D eigenvalue weighted by Gasteiger charge is -2.27. The van der Waals surface area contributed by atoms with Crippen molar-refractivity contribution in [2.24, 2.45) is 7.05 Å². The molecule has 3 aromatic rings. The van der Waals surface area contributed by atoms with Crippen molar-refractivity contribution >= 4 is 40.1 Å². The number of hydrogen-bond acceptors (Lipinski definition) is 6. The lowest BCUT2D eigenvalue weighted by molar-refractivity contribution is 0.122. The van der Waals surface area contributed by atoms with Crippen molar-refractivity contribution in [3.63, 3.8) is 0 Å². The van der Waals surface area contributed by atoms with Gasteiger partial charge in [-0.2, -0.15) is 15.1 Å². The van der Waals surface area contributed by atoms with Crippen LogP contribution < -0.4 is 10.2 Å². The highest BCUT2D eigenvalue weighted by molar-refractivity contribution is 6.30. The van der Waals surface area contributed by atoms with Crippen LogP contribution in [0, 0.1) is 6.92 Å². The zero-order valence-corrected chi connectivity index (χ0v) is 14.9. The molecule has 1 aromatic carbocycles. The van der Waals surface area contributed by atoms with Crippen LogP contribution >= 0.6 is 11.6 Å². The van der Waals surface area contributed by atoms with E-state index in [1.807, 2.05) is 32.2 Å². The highest BCUT2D eigenvalue weighted by Crippen LogP contribution is 2.28. The van der Waals surface area contributed by atoms with Gasteiger partial charge in [-0.3, -0.25) is 4.68 Å². The van der Waals surface area contributed by atoms with Gasteiger partial charge < -0.3 is 15.0 Å². The monoisotopic (exact) mass is 358 g/mol. The van der Waals surface area contributed by atoms with Crippen molar-refractivity contribution in [2.75, 3.05) is 36.5 Å². The van der Waals surface area contributed by atoms with Crippen LogP contribution in [-0.4, -0.2) is 46.1 Å². The number of fused-ring (bicyclic) bond motifs is 1. The van der Waals surface area contributed by atoms with Crippen molar-refractivity contribution in [1.29, 1.82) is 0 Å². The summed E-state index contributed by atoms with van der Waals surface area (Å²) in [6.07, 6.45) is 1.78. The van der Waals surface area contributed by atoms with Gasteiger partial charge in [-0.05, 0) is 30.7 Å². The van der Waals surface area contributed by atoms with Crippen molar-refractivity contribution in [2.45, 2.75) is 6.92 Å². The van der Waals surface area contributed by atoms with Gasteiger partial charge in [0.25, 0.3) is 0 Å². The second kappa shape index (κ2) is 6.50. The molecule has 1 aliphatic heterocycles. The summed E-state index contributed by atoms with van der Waals surface area (Å²) in [5.74, 6) is 1.43. The summed E-state index contributed by atoms with van der Waals surface area (Å²) in [6, 6.07) is 5.74. The van der Waals surface area contributed by atoms with E-state index in [0.717, 1.165) is 41.2 Å². The van der Waals surface area contributed by atoms with Crippen molar-refractivity contribution < 1.29 is 4.74 Å². The number of rotatable bonds is 3. The van der Waals surface area contributed by atoms with Gasteiger partial charge in [0.15, 0.2) is 5.65 Å². The van der Waals surface area contributed by atoms with E-state index in [0.29, 0.717) is 24.2 Å². The predicted molar refractivity (Wildman–Crippen MR) is 98.8 cm³/mol. The zero-order chi connectivity index (χ0) is 17.4.